The maximum absolute atomic E-state index is 3.65. The average Bonchev–Trinajstić information content (AvgIpc) is 2.21. The fourth-order valence-corrected chi connectivity index (χ4v) is 2.39. The Labute approximate surface area is 95.2 Å². The minimum atomic E-state index is 1.07. The van der Waals surface area contributed by atoms with Crippen molar-refractivity contribution in [1.82, 2.24) is 0 Å². The molecule has 0 amide bonds. The Balaban J connectivity index is 3.27. The van der Waals surface area contributed by atoms with Crippen molar-refractivity contribution in [3.05, 3.63) is 39.4 Å². The van der Waals surface area contributed by atoms with Gasteiger partial charge in [-0.1, -0.05) is 32.1 Å². The topological polar surface area (TPSA) is 0 Å². The summed E-state index contributed by atoms with van der Waals surface area (Å²) < 4.78 is 1.21. The summed E-state index contributed by atoms with van der Waals surface area (Å²) in [5, 5.41) is 0. The van der Waals surface area contributed by atoms with Gasteiger partial charge in [-0.25, -0.2) is 0 Å². The SMILES string of the molecule is C/C=C/c1[c]cc(CC)c(CC)c1Br. The Morgan fingerprint density at radius 1 is 1.36 bits per heavy atom. The molecule has 0 heterocycles. The van der Waals surface area contributed by atoms with Gasteiger partial charge in [-0.2, -0.15) is 0 Å². The van der Waals surface area contributed by atoms with Crippen LogP contribution in [0.3, 0.4) is 0 Å². The van der Waals surface area contributed by atoms with Crippen LogP contribution in [-0.2, 0) is 12.8 Å². The molecule has 0 atom stereocenters. The smallest absolute Gasteiger partial charge is 0.0288 e. The van der Waals surface area contributed by atoms with Gasteiger partial charge in [0.1, 0.15) is 0 Å². The van der Waals surface area contributed by atoms with Crippen LogP contribution in [0.25, 0.3) is 6.08 Å². The lowest BCUT2D eigenvalue weighted by Crippen LogP contribution is -1.94. The second-order valence-corrected chi connectivity index (χ2v) is 4.02. The zero-order valence-corrected chi connectivity index (χ0v) is 10.6. The van der Waals surface area contributed by atoms with E-state index in [0.717, 1.165) is 18.4 Å². The molecule has 0 spiro atoms. The number of benzene rings is 1. The van der Waals surface area contributed by atoms with Crippen LogP contribution in [0, 0.1) is 6.07 Å². The minimum absolute atomic E-state index is 1.07. The van der Waals surface area contributed by atoms with Crippen LogP contribution < -0.4 is 0 Å². The second kappa shape index (κ2) is 5.35. The van der Waals surface area contributed by atoms with E-state index in [1.165, 1.54) is 15.6 Å². The monoisotopic (exact) mass is 251 g/mol. The summed E-state index contributed by atoms with van der Waals surface area (Å²) in [6.45, 7) is 6.41. The van der Waals surface area contributed by atoms with Crippen molar-refractivity contribution >= 4 is 22.0 Å². The standard InChI is InChI=1S/C13H16Br/c1-4-7-11-9-8-10(5-2)12(6-3)13(11)14/h4,7-8H,5-6H2,1-3H3/b7-4+. The summed E-state index contributed by atoms with van der Waals surface area (Å²) in [5.74, 6) is 0. The highest BCUT2D eigenvalue weighted by molar-refractivity contribution is 9.10. The van der Waals surface area contributed by atoms with E-state index >= 15 is 0 Å². The third kappa shape index (κ3) is 2.27. The van der Waals surface area contributed by atoms with Gasteiger partial charge in [0.05, 0.1) is 0 Å². The van der Waals surface area contributed by atoms with Crippen molar-refractivity contribution in [2.45, 2.75) is 33.6 Å². The van der Waals surface area contributed by atoms with Gasteiger partial charge in [0, 0.05) is 4.47 Å². The molecule has 1 heteroatoms. The van der Waals surface area contributed by atoms with E-state index in [0.29, 0.717) is 0 Å². The molecule has 1 radical (unpaired) electrons. The minimum Gasteiger partial charge on any atom is -0.0870 e. The van der Waals surface area contributed by atoms with Crippen molar-refractivity contribution < 1.29 is 0 Å². The van der Waals surface area contributed by atoms with E-state index in [-0.39, 0.29) is 0 Å². The van der Waals surface area contributed by atoms with E-state index in [1.54, 1.807) is 0 Å². The number of allylic oxidation sites excluding steroid dienone is 1. The highest BCUT2D eigenvalue weighted by Gasteiger charge is 2.06. The van der Waals surface area contributed by atoms with E-state index in [2.05, 4.69) is 48.0 Å². The third-order valence-corrected chi connectivity index (χ3v) is 3.26. The van der Waals surface area contributed by atoms with Crippen LogP contribution in [0.1, 0.15) is 37.5 Å². The van der Waals surface area contributed by atoms with Gasteiger partial charge in [0.15, 0.2) is 0 Å². The Morgan fingerprint density at radius 3 is 2.57 bits per heavy atom. The molecule has 1 rings (SSSR count). The summed E-state index contributed by atoms with van der Waals surface area (Å²) in [6, 6.07) is 5.41. The summed E-state index contributed by atoms with van der Waals surface area (Å²) >= 11 is 3.65. The quantitative estimate of drug-likeness (QED) is 0.747. The molecule has 0 unspecified atom stereocenters. The fourth-order valence-electron chi connectivity index (χ4n) is 1.60. The molecule has 0 N–H and O–H groups in total. The Bertz CT molecular complexity index is 337. The first-order valence-corrected chi connectivity index (χ1v) is 5.88. The van der Waals surface area contributed by atoms with Crippen molar-refractivity contribution in [2.75, 3.05) is 0 Å². The lowest BCUT2D eigenvalue weighted by Gasteiger charge is -2.10. The first-order chi connectivity index (χ1) is 6.74. The van der Waals surface area contributed by atoms with E-state index in [4.69, 9.17) is 0 Å². The zero-order chi connectivity index (χ0) is 10.6. The van der Waals surface area contributed by atoms with Gasteiger partial charge in [-0.3, -0.25) is 0 Å². The summed E-state index contributed by atoms with van der Waals surface area (Å²) in [4.78, 5) is 0. The summed E-state index contributed by atoms with van der Waals surface area (Å²) in [5.41, 5.74) is 3.97. The van der Waals surface area contributed by atoms with Gasteiger partial charge in [0.2, 0.25) is 0 Å². The maximum atomic E-state index is 3.65. The molecule has 0 nitrogen and oxygen atoms in total. The van der Waals surface area contributed by atoms with Crippen molar-refractivity contribution in [3.8, 4) is 0 Å². The van der Waals surface area contributed by atoms with Gasteiger partial charge in [0.25, 0.3) is 0 Å². The molecule has 0 aromatic heterocycles. The average molecular weight is 252 g/mol. The molecular formula is C13H16Br. The largest absolute Gasteiger partial charge is 0.0870 e. The van der Waals surface area contributed by atoms with E-state index in [1.807, 2.05) is 13.0 Å². The lowest BCUT2D eigenvalue weighted by atomic mass is 10.00. The highest BCUT2D eigenvalue weighted by atomic mass is 79.9. The Kier molecular flexibility index (Phi) is 4.40. The number of rotatable bonds is 3. The Morgan fingerprint density at radius 2 is 2.07 bits per heavy atom. The molecule has 0 fully saturated rings. The first-order valence-electron chi connectivity index (χ1n) is 5.09. The zero-order valence-electron chi connectivity index (χ0n) is 9.02. The van der Waals surface area contributed by atoms with Crippen LogP contribution in [-0.4, -0.2) is 0 Å². The van der Waals surface area contributed by atoms with Crippen LogP contribution >= 0.6 is 15.9 Å². The van der Waals surface area contributed by atoms with Gasteiger partial charge >= 0.3 is 0 Å². The predicted molar refractivity (Wildman–Crippen MR) is 66.4 cm³/mol. The lowest BCUT2D eigenvalue weighted by molar-refractivity contribution is 1.03. The molecule has 0 saturated heterocycles. The normalized spacial score (nSPS) is 11.1. The number of halogens is 1. The second-order valence-electron chi connectivity index (χ2n) is 3.23. The van der Waals surface area contributed by atoms with Crippen LogP contribution in [0.4, 0.5) is 0 Å². The Hall–Kier alpha value is -0.560. The molecule has 0 aliphatic carbocycles. The molecule has 1 aromatic carbocycles. The van der Waals surface area contributed by atoms with Crippen molar-refractivity contribution in [1.29, 1.82) is 0 Å². The third-order valence-electron chi connectivity index (χ3n) is 2.36. The molecule has 0 saturated carbocycles. The first kappa shape index (κ1) is 11.5. The molecule has 75 valence electrons. The van der Waals surface area contributed by atoms with E-state index in [9.17, 15) is 0 Å². The van der Waals surface area contributed by atoms with Gasteiger partial charge in [-0.15, -0.1) is 0 Å². The van der Waals surface area contributed by atoms with Crippen LogP contribution in [0.5, 0.6) is 0 Å². The number of hydrogen-bond donors (Lipinski definition) is 0. The summed E-state index contributed by atoms with van der Waals surface area (Å²) in [6.07, 6.45) is 6.28. The van der Waals surface area contributed by atoms with E-state index < -0.39 is 0 Å². The van der Waals surface area contributed by atoms with Crippen molar-refractivity contribution in [2.24, 2.45) is 0 Å². The number of aryl methyl sites for hydroxylation is 1. The highest BCUT2D eigenvalue weighted by Crippen LogP contribution is 2.26. The molecule has 14 heavy (non-hydrogen) atoms. The molecule has 0 aliphatic rings. The van der Waals surface area contributed by atoms with Gasteiger partial charge < -0.3 is 0 Å². The van der Waals surface area contributed by atoms with Crippen molar-refractivity contribution in [3.63, 3.8) is 0 Å². The number of hydrogen-bond acceptors (Lipinski definition) is 0. The summed E-state index contributed by atoms with van der Waals surface area (Å²) in [7, 11) is 0. The maximum Gasteiger partial charge on any atom is 0.0288 e. The molecular weight excluding hydrogens is 236 g/mol. The van der Waals surface area contributed by atoms with Gasteiger partial charge in [-0.05, 0) is 58.5 Å². The molecule has 1 aromatic rings. The predicted octanol–water partition coefficient (Wildman–Crippen LogP) is 4.41. The molecule has 0 aliphatic heterocycles. The fraction of sp³-hybridized carbons (Fsp3) is 0.385. The van der Waals surface area contributed by atoms with Crippen LogP contribution in [0.2, 0.25) is 0 Å². The van der Waals surface area contributed by atoms with Crippen LogP contribution in [0.15, 0.2) is 16.6 Å². The molecule has 0 bridgehead atoms.